The summed E-state index contributed by atoms with van der Waals surface area (Å²) in [5.41, 5.74) is 1.57. The first-order valence-electron chi connectivity index (χ1n) is 7.50. The average molecular weight is 270 g/mol. The van der Waals surface area contributed by atoms with Gasteiger partial charge in [-0.25, -0.2) is 0 Å². The minimum atomic E-state index is -0.697. The Kier molecular flexibility index (Phi) is 3.29. The molecule has 2 heteroatoms. The smallest absolute Gasteiger partial charge is 0.123 e. The number of aldehydes is 1. The number of aliphatic hydroxyl groups is 1. The SMILES string of the molecule is C[C@]12CC/C(=C\c3ccccc3)C[C@@]1(O)CC[C@@H]2C=O. The Morgan fingerprint density at radius 3 is 2.70 bits per heavy atom. The molecule has 2 fully saturated rings. The Balaban J connectivity index is 1.86. The quantitative estimate of drug-likeness (QED) is 0.834. The van der Waals surface area contributed by atoms with E-state index in [0.717, 1.165) is 32.0 Å². The van der Waals surface area contributed by atoms with Crippen molar-refractivity contribution in [3.05, 3.63) is 41.5 Å². The summed E-state index contributed by atoms with van der Waals surface area (Å²) >= 11 is 0. The van der Waals surface area contributed by atoms with Gasteiger partial charge in [0.05, 0.1) is 5.60 Å². The van der Waals surface area contributed by atoms with E-state index >= 15 is 0 Å². The van der Waals surface area contributed by atoms with Crippen LogP contribution in [0.2, 0.25) is 0 Å². The van der Waals surface area contributed by atoms with Gasteiger partial charge in [0, 0.05) is 11.3 Å². The first-order chi connectivity index (χ1) is 9.57. The molecule has 2 aliphatic carbocycles. The average Bonchev–Trinajstić information content (AvgIpc) is 2.71. The van der Waals surface area contributed by atoms with Gasteiger partial charge >= 0.3 is 0 Å². The lowest BCUT2D eigenvalue weighted by Crippen LogP contribution is -2.48. The predicted molar refractivity (Wildman–Crippen MR) is 80.1 cm³/mol. The fourth-order valence-electron chi connectivity index (χ4n) is 4.06. The van der Waals surface area contributed by atoms with Gasteiger partial charge in [0.2, 0.25) is 0 Å². The van der Waals surface area contributed by atoms with Crippen LogP contribution in [-0.2, 0) is 4.79 Å². The van der Waals surface area contributed by atoms with Crippen LogP contribution in [0.1, 0.15) is 44.6 Å². The van der Waals surface area contributed by atoms with Crippen LogP contribution in [0.5, 0.6) is 0 Å². The number of fused-ring (bicyclic) bond motifs is 1. The maximum atomic E-state index is 11.3. The van der Waals surface area contributed by atoms with Crippen LogP contribution in [0.3, 0.4) is 0 Å². The summed E-state index contributed by atoms with van der Waals surface area (Å²) in [4.78, 5) is 11.3. The first kappa shape index (κ1) is 13.6. The van der Waals surface area contributed by atoms with Gasteiger partial charge in [-0.1, -0.05) is 48.9 Å². The summed E-state index contributed by atoms with van der Waals surface area (Å²) in [7, 11) is 0. The van der Waals surface area contributed by atoms with E-state index in [1.54, 1.807) is 0 Å². The molecular formula is C18H22O2. The molecule has 20 heavy (non-hydrogen) atoms. The normalized spacial score (nSPS) is 38.7. The van der Waals surface area contributed by atoms with Crippen molar-refractivity contribution in [2.45, 2.75) is 44.6 Å². The molecule has 0 unspecified atom stereocenters. The Labute approximate surface area is 120 Å². The highest BCUT2D eigenvalue weighted by atomic mass is 16.3. The summed E-state index contributed by atoms with van der Waals surface area (Å²) in [5, 5.41) is 11.0. The second-order valence-corrected chi connectivity index (χ2v) is 6.62. The van der Waals surface area contributed by atoms with Gasteiger partial charge in [0.15, 0.2) is 0 Å². The van der Waals surface area contributed by atoms with E-state index in [1.165, 1.54) is 11.1 Å². The minimum Gasteiger partial charge on any atom is -0.389 e. The van der Waals surface area contributed by atoms with Crippen molar-refractivity contribution in [2.75, 3.05) is 0 Å². The third-order valence-corrected chi connectivity index (χ3v) is 5.57. The number of carbonyl (C=O) groups is 1. The van der Waals surface area contributed by atoms with Crippen LogP contribution in [0.15, 0.2) is 35.9 Å². The van der Waals surface area contributed by atoms with Crippen molar-refractivity contribution >= 4 is 12.4 Å². The van der Waals surface area contributed by atoms with Gasteiger partial charge in [0.25, 0.3) is 0 Å². The molecule has 1 N–H and O–H groups in total. The molecule has 2 nitrogen and oxygen atoms in total. The van der Waals surface area contributed by atoms with Gasteiger partial charge in [-0.05, 0) is 37.7 Å². The third kappa shape index (κ3) is 2.03. The van der Waals surface area contributed by atoms with Crippen LogP contribution in [-0.4, -0.2) is 17.0 Å². The number of rotatable bonds is 2. The molecule has 0 bridgehead atoms. The summed E-state index contributed by atoms with van der Waals surface area (Å²) in [6.45, 7) is 2.10. The lowest BCUT2D eigenvalue weighted by Gasteiger charge is -2.46. The zero-order valence-corrected chi connectivity index (χ0v) is 12.0. The lowest BCUT2D eigenvalue weighted by atomic mass is 9.61. The molecule has 0 heterocycles. The third-order valence-electron chi connectivity index (χ3n) is 5.57. The molecule has 3 atom stereocenters. The van der Waals surface area contributed by atoms with Crippen molar-refractivity contribution in [1.82, 2.24) is 0 Å². The topological polar surface area (TPSA) is 37.3 Å². The van der Waals surface area contributed by atoms with E-state index in [9.17, 15) is 9.90 Å². The van der Waals surface area contributed by atoms with E-state index in [0.29, 0.717) is 6.42 Å². The highest BCUT2D eigenvalue weighted by Crippen LogP contribution is 2.58. The standard InChI is InChI=1S/C18H22O2/c1-17-9-7-15(11-14-5-3-2-4-6-14)12-18(17,20)10-8-16(17)13-19/h2-6,11,13,16,20H,7-10,12H2,1H3/b15-11+/t16-,17-,18+/m1/s1. The Bertz CT molecular complexity index is 534. The molecule has 2 aliphatic rings. The second-order valence-electron chi connectivity index (χ2n) is 6.62. The van der Waals surface area contributed by atoms with Crippen LogP contribution in [0.25, 0.3) is 6.08 Å². The molecule has 0 aliphatic heterocycles. The molecule has 3 rings (SSSR count). The Hall–Kier alpha value is -1.41. The zero-order chi connectivity index (χ0) is 14.2. The maximum Gasteiger partial charge on any atom is 0.123 e. The molecular weight excluding hydrogens is 248 g/mol. The number of benzene rings is 1. The zero-order valence-electron chi connectivity index (χ0n) is 12.0. The summed E-state index contributed by atoms with van der Waals surface area (Å²) in [5.74, 6) is 0.0192. The number of hydrogen-bond donors (Lipinski definition) is 1. The van der Waals surface area contributed by atoms with Gasteiger partial charge < -0.3 is 9.90 Å². The first-order valence-corrected chi connectivity index (χ1v) is 7.50. The monoisotopic (exact) mass is 270 g/mol. The van der Waals surface area contributed by atoms with E-state index in [4.69, 9.17) is 0 Å². The molecule has 0 saturated heterocycles. The Morgan fingerprint density at radius 1 is 1.25 bits per heavy atom. The highest BCUT2D eigenvalue weighted by molar-refractivity contribution is 5.58. The van der Waals surface area contributed by atoms with Crippen LogP contribution in [0.4, 0.5) is 0 Å². The number of hydrogen-bond acceptors (Lipinski definition) is 2. The molecule has 0 amide bonds. The molecule has 106 valence electrons. The second kappa shape index (κ2) is 4.85. The van der Waals surface area contributed by atoms with Gasteiger partial charge in [-0.15, -0.1) is 0 Å². The van der Waals surface area contributed by atoms with Crippen molar-refractivity contribution in [3.63, 3.8) is 0 Å². The largest absolute Gasteiger partial charge is 0.389 e. The van der Waals surface area contributed by atoms with E-state index < -0.39 is 5.60 Å². The van der Waals surface area contributed by atoms with Gasteiger partial charge in [-0.2, -0.15) is 0 Å². The van der Waals surface area contributed by atoms with Crippen LogP contribution < -0.4 is 0 Å². The molecule has 0 spiro atoms. The van der Waals surface area contributed by atoms with Crippen molar-refractivity contribution in [1.29, 1.82) is 0 Å². The summed E-state index contributed by atoms with van der Waals surface area (Å²) < 4.78 is 0. The van der Waals surface area contributed by atoms with Crippen molar-refractivity contribution in [3.8, 4) is 0 Å². The van der Waals surface area contributed by atoms with E-state index in [2.05, 4.69) is 25.1 Å². The van der Waals surface area contributed by atoms with Gasteiger partial charge in [-0.3, -0.25) is 0 Å². The molecule has 0 radical (unpaired) electrons. The number of carbonyl (C=O) groups excluding carboxylic acids is 1. The fraction of sp³-hybridized carbons (Fsp3) is 0.500. The predicted octanol–water partition coefficient (Wildman–Crippen LogP) is 3.60. The maximum absolute atomic E-state index is 11.3. The molecule has 2 saturated carbocycles. The molecule has 1 aromatic rings. The molecule has 0 aromatic heterocycles. The fourth-order valence-corrected chi connectivity index (χ4v) is 4.06. The highest BCUT2D eigenvalue weighted by Gasteiger charge is 2.57. The van der Waals surface area contributed by atoms with Crippen LogP contribution >= 0.6 is 0 Å². The Morgan fingerprint density at radius 2 is 2.00 bits per heavy atom. The van der Waals surface area contributed by atoms with Crippen molar-refractivity contribution in [2.24, 2.45) is 11.3 Å². The lowest BCUT2D eigenvalue weighted by molar-refractivity contribution is -0.123. The van der Waals surface area contributed by atoms with Gasteiger partial charge in [0.1, 0.15) is 6.29 Å². The minimum absolute atomic E-state index is 0.0192. The van der Waals surface area contributed by atoms with E-state index in [-0.39, 0.29) is 11.3 Å². The summed E-state index contributed by atoms with van der Waals surface area (Å²) in [6, 6.07) is 10.3. The van der Waals surface area contributed by atoms with Crippen LogP contribution in [0, 0.1) is 11.3 Å². The molecule has 1 aromatic carbocycles. The van der Waals surface area contributed by atoms with E-state index in [1.807, 2.05) is 18.2 Å². The summed E-state index contributed by atoms with van der Waals surface area (Å²) in [6.07, 6.45) is 7.44. The van der Waals surface area contributed by atoms with Crippen molar-refractivity contribution < 1.29 is 9.90 Å².